The van der Waals surface area contributed by atoms with Gasteiger partial charge in [-0.25, -0.2) is 8.42 Å². The van der Waals surface area contributed by atoms with E-state index < -0.39 is 15.9 Å². The average molecular weight is 260 g/mol. The summed E-state index contributed by atoms with van der Waals surface area (Å²) in [5.74, 6) is 0.675. The molecule has 1 atom stereocenters. The molecule has 1 rings (SSSR count). The zero-order chi connectivity index (χ0) is 12.2. The molecular weight excluding hydrogens is 244 g/mol. The maximum Gasteiger partial charge on any atom is 0.148 e. The van der Waals surface area contributed by atoms with Gasteiger partial charge in [-0.05, 0) is 18.6 Å². The lowest BCUT2D eigenvalue weighted by atomic mass is 10.1. The van der Waals surface area contributed by atoms with Crippen LogP contribution in [0, 0.1) is 0 Å². The SMILES string of the molecule is CC(O)c1ccccc1SCCS(C)(=O)=O. The van der Waals surface area contributed by atoms with Crippen LogP contribution in [-0.4, -0.2) is 31.3 Å². The van der Waals surface area contributed by atoms with Crippen LogP contribution >= 0.6 is 11.8 Å². The topological polar surface area (TPSA) is 54.4 Å². The number of hydrogen-bond donors (Lipinski definition) is 1. The summed E-state index contributed by atoms with van der Waals surface area (Å²) in [6.45, 7) is 1.70. The Kier molecular flexibility index (Phi) is 4.83. The van der Waals surface area contributed by atoms with E-state index in [1.54, 1.807) is 6.92 Å². The predicted octanol–water partition coefficient (Wildman–Crippen LogP) is 1.88. The second-order valence-electron chi connectivity index (χ2n) is 3.69. The summed E-state index contributed by atoms with van der Waals surface area (Å²) in [7, 11) is -2.91. The zero-order valence-corrected chi connectivity index (χ0v) is 11.0. The number of rotatable bonds is 5. The normalized spacial score (nSPS) is 13.7. The van der Waals surface area contributed by atoms with E-state index in [2.05, 4.69) is 0 Å². The fraction of sp³-hybridized carbons (Fsp3) is 0.455. The molecule has 1 N–H and O–H groups in total. The lowest BCUT2D eigenvalue weighted by Gasteiger charge is -2.10. The first kappa shape index (κ1) is 13.5. The Bertz CT molecular complexity index is 438. The fourth-order valence-electron chi connectivity index (χ4n) is 1.26. The van der Waals surface area contributed by atoms with Crippen molar-refractivity contribution < 1.29 is 13.5 Å². The van der Waals surface area contributed by atoms with Gasteiger partial charge in [-0.3, -0.25) is 0 Å². The molecule has 0 aliphatic heterocycles. The van der Waals surface area contributed by atoms with Gasteiger partial charge in [0.1, 0.15) is 9.84 Å². The van der Waals surface area contributed by atoms with E-state index in [-0.39, 0.29) is 5.75 Å². The van der Waals surface area contributed by atoms with E-state index in [1.807, 2.05) is 24.3 Å². The molecule has 1 unspecified atom stereocenters. The molecule has 0 spiro atoms. The van der Waals surface area contributed by atoms with E-state index in [0.29, 0.717) is 5.75 Å². The minimum Gasteiger partial charge on any atom is -0.389 e. The molecule has 0 radical (unpaired) electrons. The van der Waals surface area contributed by atoms with E-state index in [9.17, 15) is 13.5 Å². The van der Waals surface area contributed by atoms with Crippen molar-refractivity contribution in [1.29, 1.82) is 0 Å². The molecule has 0 aromatic heterocycles. The van der Waals surface area contributed by atoms with Crippen LogP contribution in [0.1, 0.15) is 18.6 Å². The summed E-state index contributed by atoms with van der Waals surface area (Å²) in [5, 5.41) is 9.53. The van der Waals surface area contributed by atoms with Crippen LogP contribution in [0.4, 0.5) is 0 Å². The third kappa shape index (κ3) is 4.55. The minimum absolute atomic E-state index is 0.159. The standard InChI is InChI=1S/C11H16O3S2/c1-9(12)10-5-3-4-6-11(10)15-7-8-16(2,13)14/h3-6,9,12H,7-8H2,1-2H3. The molecule has 90 valence electrons. The quantitative estimate of drug-likeness (QED) is 0.821. The highest BCUT2D eigenvalue weighted by Crippen LogP contribution is 2.27. The van der Waals surface area contributed by atoms with Gasteiger partial charge in [0.05, 0.1) is 11.9 Å². The van der Waals surface area contributed by atoms with Gasteiger partial charge in [-0.2, -0.15) is 0 Å². The lowest BCUT2D eigenvalue weighted by molar-refractivity contribution is 0.196. The van der Waals surface area contributed by atoms with E-state index >= 15 is 0 Å². The van der Waals surface area contributed by atoms with Crippen LogP contribution in [-0.2, 0) is 9.84 Å². The fourth-order valence-corrected chi connectivity index (χ4v) is 3.60. The third-order valence-electron chi connectivity index (χ3n) is 2.08. The highest BCUT2D eigenvalue weighted by molar-refractivity contribution is 8.00. The molecule has 3 nitrogen and oxygen atoms in total. The van der Waals surface area contributed by atoms with Gasteiger partial charge < -0.3 is 5.11 Å². The first-order valence-corrected chi connectivity index (χ1v) is 8.02. The molecule has 5 heteroatoms. The van der Waals surface area contributed by atoms with Gasteiger partial charge in [0.25, 0.3) is 0 Å². The molecule has 1 aromatic carbocycles. The second kappa shape index (κ2) is 5.70. The van der Waals surface area contributed by atoms with Gasteiger partial charge in [0.2, 0.25) is 0 Å². The molecule has 0 aliphatic carbocycles. The summed E-state index contributed by atoms with van der Waals surface area (Å²) in [6.07, 6.45) is 0.704. The molecule has 1 aromatic rings. The van der Waals surface area contributed by atoms with Crippen molar-refractivity contribution in [2.75, 3.05) is 17.8 Å². The molecule has 0 saturated carbocycles. The van der Waals surface area contributed by atoms with E-state index in [0.717, 1.165) is 10.5 Å². The van der Waals surface area contributed by atoms with Gasteiger partial charge >= 0.3 is 0 Å². The number of aliphatic hydroxyl groups is 1. The molecule has 0 bridgehead atoms. The molecule has 0 fully saturated rings. The average Bonchev–Trinajstić information content (AvgIpc) is 2.16. The van der Waals surface area contributed by atoms with Gasteiger partial charge in [0, 0.05) is 16.9 Å². The van der Waals surface area contributed by atoms with Crippen molar-refractivity contribution in [2.24, 2.45) is 0 Å². The zero-order valence-electron chi connectivity index (χ0n) is 9.38. The second-order valence-corrected chi connectivity index (χ2v) is 7.09. The Labute approximate surface area is 101 Å². The highest BCUT2D eigenvalue weighted by Gasteiger charge is 2.08. The van der Waals surface area contributed by atoms with Gasteiger partial charge in [-0.1, -0.05) is 18.2 Å². The number of hydrogen-bond acceptors (Lipinski definition) is 4. The van der Waals surface area contributed by atoms with Crippen LogP contribution in [0.15, 0.2) is 29.2 Å². The van der Waals surface area contributed by atoms with E-state index in [4.69, 9.17) is 0 Å². The molecule has 0 heterocycles. The Morgan fingerprint density at radius 2 is 2.00 bits per heavy atom. The molecule has 16 heavy (non-hydrogen) atoms. The Balaban J connectivity index is 2.67. The van der Waals surface area contributed by atoms with Crippen LogP contribution in [0.3, 0.4) is 0 Å². The van der Waals surface area contributed by atoms with Crippen LogP contribution in [0.2, 0.25) is 0 Å². The first-order chi connectivity index (χ1) is 7.40. The smallest absolute Gasteiger partial charge is 0.148 e. The molecule has 0 saturated heterocycles. The maximum absolute atomic E-state index is 11.0. The Hall–Kier alpha value is -0.520. The number of thioether (sulfide) groups is 1. The highest BCUT2D eigenvalue weighted by atomic mass is 32.2. The summed E-state index contributed by atoms with van der Waals surface area (Å²) in [5.41, 5.74) is 0.848. The number of benzene rings is 1. The van der Waals surface area contributed by atoms with Crippen molar-refractivity contribution in [3.63, 3.8) is 0 Å². The maximum atomic E-state index is 11.0. The predicted molar refractivity (Wildman–Crippen MR) is 67.5 cm³/mol. The summed E-state index contributed by atoms with van der Waals surface area (Å²) in [6, 6.07) is 7.50. The molecule has 0 aliphatic rings. The van der Waals surface area contributed by atoms with E-state index in [1.165, 1.54) is 18.0 Å². The number of sulfone groups is 1. The van der Waals surface area contributed by atoms with Crippen molar-refractivity contribution >= 4 is 21.6 Å². The summed E-state index contributed by atoms with van der Waals surface area (Å²) >= 11 is 1.46. The monoisotopic (exact) mass is 260 g/mol. The van der Waals surface area contributed by atoms with Gasteiger partial charge in [-0.15, -0.1) is 11.8 Å². The van der Waals surface area contributed by atoms with Crippen molar-refractivity contribution in [3.8, 4) is 0 Å². The Morgan fingerprint density at radius 3 is 2.56 bits per heavy atom. The molecular formula is C11H16O3S2. The van der Waals surface area contributed by atoms with Crippen LogP contribution < -0.4 is 0 Å². The Morgan fingerprint density at radius 1 is 1.38 bits per heavy atom. The van der Waals surface area contributed by atoms with Crippen molar-refractivity contribution in [3.05, 3.63) is 29.8 Å². The van der Waals surface area contributed by atoms with Crippen LogP contribution in [0.25, 0.3) is 0 Å². The van der Waals surface area contributed by atoms with Gasteiger partial charge in [0.15, 0.2) is 0 Å². The largest absolute Gasteiger partial charge is 0.389 e. The summed E-state index contributed by atoms with van der Waals surface area (Å²) < 4.78 is 22.0. The third-order valence-corrected chi connectivity index (χ3v) is 4.38. The molecule has 0 amide bonds. The lowest BCUT2D eigenvalue weighted by Crippen LogP contribution is -2.05. The summed E-state index contributed by atoms with van der Waals surface area (Å²) in [4.78, 5) is 0.946. The van der Waals surface area contributed by atoms with Crippen LogP contribution in [0.5, 0.6) is 0 Å². The first-order valence-electron chi connectivity index (χ1n) is 4.97. The number of aliphatic hydroxyl groups excluding tert-OH is 1. The van der Waals surface area contributed by atoms with Crippen molar-refractivity contribution in [1.82, 2.24) is 0 Å². The minimum atomic E-state index is -2.91. The van der Waals surface area contributed by atoms with Crippen molar-refractivity contribution in [2.45, 2.75) is 17.9 Å².